The van der Waals surface area contributed by atoms with Crippen molar-refractivity contribution in [1.29, 1.82) is 0 Å². The van der Waals surface area contributed by atoms with Gasteiger partial charge in [0.25, 0.3) is 0 Å². The Bertz CT molecular complexity index is 2780. The molecule has 0 unspecified atom stereocenters. The summed E-state index contributed by atoms with van der Waals surface area (Å²) in [5.74, 6) is 0. The Morgan fingerprint density at radius 1 is 0.391 bits per heavy atom. The van der Waals surface area contributed by atoms with Crippen LogP contribution in [0.2, 0.25) is 0 Å². The SMILES string of the molecule is c1ccc(-n2c3ccccc3c3cc(-c4ccc(-c5cc6ccccc6c6c5oc5cc7ccccc7cc56)cc4)ccc32)cc1. The molecule has 0 spiro atoms. The minimum absolute atomic E-state index is 0.922. The summed E-state index contributed by atoms with van der Waals surface area (Å²) in [6.45, 7) is 0. The van der Waals surface area contributed by atoms with E-state index in [1.165, 1.54) is 65.6 Å². The van der Waals surface area contributed by atoms with Crippen LogP contribution in [0.4, 0.5) is 0 Å². The molecule has 0 saturated carbocycles. The average molecular weight is 586 g/mol. The molecule has 8 aromatic carbocycles. The van der Waals surface area contributed by atoms with E-state index in [4.69, 9.17) is 4.42 Å². The lowest BCUT2D eigenvalue weighted by molar-refractivity contribution is 0.671. The van der Waals surface area contributed by atoms with Crippen molar-refractivity contribution in [3.63, 3.8) is 0 Å². The van der Waals surface area contributed by atoms with Gasteiger partial charge in [0, 0.05) is 32.8 Å². The predicted molar refractivity (Wildman–Crippen MR) is 194 cm³/mol. The minimum atomic E-state index is 0.922. The van der Waals surface area contributed by atoms with Crippen molar-refractivity contribution in [2.24, 2.45) is 0 Å². The van der Waals surface area contributed by atoms with E-state index < -0.39 is 0 Å². The molecule has 0 aliphatic heterocycles. The van der Waals surface area contributed by atoms with Gasteiger partial charge in [-0.2, -0.15) is 0 Å². The van der Waals surface area contributed by atoms with E-state index in [1.54, 1.807) is 0 Å². The van der Waals surface area contributed by atoms with Crippen molar-refractivity contribution >= 4 is 65.3 Å². The second-order valence-electron chi connectivity index (χ2n) is 12.1. The smallest absolute Gasteiger partial charge is 0.143 e. The number of benzene rings is 8. The standard InChI is InChI=1S/C44H27NO/c1-2-13-34(14-3-1)45-40-17-9-8-16-36(40)38-24-32(22-23-41(38)45)28-18-20-29(21-19-28)37-26-33-12-6-7-15-35(33)43-39-25-30-10-4-5-11-31(30)27-42(39)46-44(37)43/h1-27H. The third kappa shape index (κ3) is 3.71. The first kappa shape index (κ1) is 25.2. The van der Waals surface area contributed by atoms with Gasteiger partial charge in [-0.15, -0.1) is 0 Å². The molecule has 214 valence electrons. The molecule has 0 saturated heterocycles. The van der Waals surface area contributed by atoms with E-state index in [9.17, 15) is 0 Å². The Morgan fingerprint density at radius 2 is 1.02 bits per heavy atom. The number of hydrogen-bond donors (Lipinski definition) is 0. The number of para-hydroxylation sites is 2. The van der Waals surface area contributed by atoms with E-state index in [-0.39, 0.29) is 0 Å². The van der Waals surface area contributed by atoms with Gasteiger partial charge < -0.3 is 8.98 Å². The van der Waals surface area contributed by atoms with Gasteiger partial charge in [0.2, 0.25) is 0 Å². The second-order valence-corrected chi connectivity index (χ2v) is 12.1. The summed E-state index contributed by atoms with van der Waals surface area (Å²) >= 11 is 0. The van der Waals surface area contributed by atoms with Crippen molar-refractivity contribution in [1.82, 2.24) is 4.57 Å². The molecule has 2 heterocycles. The number of rotatable bonds is 3. The Balaban J connectivity index is 1.13. The molecule has 0 radical (unpaired) electrons. The highest BCUT2D eigenvalue weighted by Gasteiger charge is 2.18. The molecule has 10 aromatic rings. The molecule has 10 rings (SSSR count). The lowest BCUT2D eigenvalue weighted by Gasteiger charge is -2.09. The highest BCUT2D eigenvalue weighted by atomic mass is 16.3. The fraction of sp³-hybridized carbons (Fsp3) is 0. The number of hydrogen-bond acceptors (Lipinski definition) is 1. The Labute approximate surface area is 265 Å². The molecular formula is C44H27NO. The summed E-state index contributed by atoms with van der Waals surface area (Å²) < 4.78 is 9.05. The first-order valence-electron chi connectivity index (χ1n) is 15.8. The summed E-state index contributed by atoms with van der Waals surface area (Å²) in [4.78, 5) is 0. The second kappa shape index (κ2) is 9.69. The summed E-state index contributed by atoms with van der Waals surface area (Å²) in [7, 11) is 0. The van der Waals surface area contributed by atoms with Crippen molar-refractivity contribution in [2.75, 3.05) is 0 Å². The first-order valence-corrected chi connectivity index (χ1v) is 15.8. The molecule has 0 aliphatic rings. The summed E-state index contributed by atoms with van der Waals surface area (Å²) in [6, 6.07) is 59.0. The average Bonchev–Trinajstić information content (AvgIpc) is 3.66. The van der Waals surface area contributed by atoms with Crippen LogP contribution in [0.15, 0.2) is 168 Å². The Hall–Kier alpha value is -6.12. The van der Waals surface area contributed by atoms with Crippen molar-refractivity contribution < 1.29 is 4.42 Å². The fourth-order valence-corrected chi connectivity index (χ4v) is 7.38. The normalized spacial score (nSPS) is 11.9. The van der Waals surface area contributed by atoms with Crippen LogP contribution in [0.1, 0.15) is 0 Å². The van der Waals surface area contributed by atoms with E-state index in [1.807, 2.05) is 0 Å². The zero-order valence-corrected chi connectivity index (χ0v) is 24.9. The highest BCUT2D eigenvalue weighted by Crippen LogP contribution is 2.42. The third-order valence-corrected chi connectivity index (χ3v) is 9.55. The van der Waals surface area contributed by atoms with Gasteiger partial charge in [-0.05, 0) is 86.8 Å². The molecule has 0 aliphatic carbocycles. The minimum Gasteiger partial charge on any atom is -0.455 e. The van der Waals surface area contributed by atoms with Gasteiger partial charge in [-0.1, -0.05) is 115 Å². The number of aromatic nitrogens is 1. The molecule has 2 heteroatoms. The number of fused-ring (bicyclic) bond motifs is 9. The topological polar surface area (TPSA) is 18.1 Å². The summed E-state index contributed by atoms with van der Waals surface area (Å²) in [6.07, 6.45) is 0. The lowest BCUT2D eigenvalue weighted by Crippen LogP contribution is -1.92. The fourth-order valence-electron chi connectivity index (χ4n) is 7.38. The highest BCUT2D eigenvalue weighted by molar-refractivity contribution is 6.24. The maximum absolute atomic E-state index is 6.69. The summed E-state index contributed by atoms with van der Waals surface area (Å²) in [5.41, 5.74) is 10.1. The van der Waals surface area contributed by atoms with Crippen molar-refractivity contribution in [3.8, 4) is 27.9 Å². The van der Waals surface area contributed by atoms with E-state index in [0.717, 1.165) is 27.7 Å². The van der Waals surface area contributed by atoms with Crippen LogP contribution in [0.25, 0.3) is 93.2 Å². The zero-order chi connectivity index (χ0) is 30.2. The summed E-state index contributed by atoms with van der Waals surface area (Å²) in [5, 5.41) is 9.70. The van der Waals surface area contributed by atoms with E-state index in [2.05, 4.69) is 168 Å². The molecule has 0 atom stereocenters. The maximum atomic E-state index is 6.69. The first-order chi connectivity index (χ1) is 22.8. The lowest BCUT2D eigenvalue weighted by atomic mass is 9.94. The van der Waals surface area contributed by atoms with Gasteiger partial charge in [0.15, 0.2) is 0 Å². The predicted octanol–water partition coefficient (Wildman–Crippen LogP) is 12.3. The molecule has 46 heavy (non-hydrogen) atoms. The van der Waals surface area contributed by atoms with Crippen LogP contribution in [0.3, 0.4) is 0 Å². The van der Waals surface area contributed by atoms with Crippen molar-refractivity contribution in [2.45, 2.75) is 0 Å². The van der Waals surface area contributed by atoms with Gasteiger partial charge >= 0.3 is 0 Å². The van der Waals surface area contributed by atoms with Gasteiger partial charge in [0.1, 0.15) is 11.2 Å². The van der Waals surface area contributed by atoms with Gasteiger partial charge in [-0.3, -0.25) is 0 Å². The maximum Gasteiger partial charge on any atom is 0.143 e. The Kier molecular flexibility index (Phi) is 5.31. The quantitative estimate of drug-likeness (QED) is 0.202. The molecule has 2 aromatic heterocycles. The third-order valence-electron chi connectivity index (χ3n) is 9.55. The van der Waals surface area contributed by atoms with E-state index >= 15 is 0 Å². The molecule has 0 fully saturated rings. The van der Waals surface area contributed by atoms with Gasteiger partial charge in [0.05, 0.1) is 11.0 Å². The van der Waals surface area contributed by atoms with Gasteiger partial charge in [-0.25, -0.2) is 0 Å². The van der Waals surface area contributed by atoms with Crippen LogP contribution in [-0.2, 0) is 0 Å². The molecule has 0 bridgehead atoms. The van der Waals surface area contributed by atoms with Crippen LogP contribution in [0, 0.1) is 0 Å². The number of furan rings is 1. The van der Waals surface area contributed by atoms with Crippen molar-refractivity contribution in [3.05, 3.63) is 164 Å². The molecular weight excluding hydrogens is 558 g/mol. The van der Waals surface area contributed by atoms with E-state index in [0.29, 0.717) is 0 Å². The monoisotopic (exact) mass is 585 g/mol. The largest absolute Gasteiger partial charge is 0.455 e. The van der Waals surface area contributed by atoms with Crippen LogP contribution >= 0.6 is 0 Å². The van der Waals surface area contributed by atoms with Crippen LogP contribution in [-0.4, -0.2) is 4.57 Å². The molecule has 2 nitrogen and oxygen atoms in total. The molecule has 0 amide bonds. The Morgan fingerprint density at radius 3 is 1.85 bits per heavy atom. The zero-order valence-electron chi connectivity index (χ0n) is 24.9. The number of nitrogens with zero attached hydrogens (tertiary/aromatic N) is 1. The van der Waals surface area contributed by atoms with Crippen LogP contribution in [0.5, 0.6) is 0 Å². The molecule has 0 N–H and O–H groups in total. The van der Waals surface area contributed by atoms with Crippen LogP contribution < -0.4 is 0 Å².